The van der Waals surface area contributed by atoms with Crippen LogP contribution in [0.5, 0.6) is 23.0 Å². The van der Waals surface area contributed by atoms with Crippen LogP contribution in [0, 0.1) is 24.2 Å². The SMILES string of the molecule is C#Cc1cc(OC)c(C#Cc2cc(OCCCS(=O)(=O)O)ccc2OCCCS(=O)(=O)O)cc1OCCCCCCC([O-])=NCCOCCOCCOCCN=C([O-])CCCC[C@@H]1SC[C@@H]2NC(=O)N[C@@H]21.[Na+].[Na+]. The van der Waals surface area contributed by atoms with Gasteiger partial charge in [-0.25, -0.2) is 4.79 Å². The average molecular weight is 1100 g/mol. The number of rotatable bonds is 36. The Labute approximate surface area is 478 Å². The summed E-state index contributed by atoms with van der Waals surface area (Å²) >= 11 is 1.87. The number of nitrogens with one attached hydrogen (secondary N) is 2. The minimum absolute atomic E-state index is 0. The second-order valence-electron chi connectivity index (χ2n) is 16.3. The number of methoxy groups -OCH3 is 1. The molecule has 2 fully saturated rings. The largest absolute Gasteiger partial charge is 1.00 e. The second kappa shape index (κ2) is 36.9. The molecule has 25 heteroatoms. The number of aliphatic imine (C=N–C) groups is 2. The van der Waals surface area contributed by atoms with E-state index in [-0.39, 0.29) is 122 Å². The molecule has 73 heavy (non-hydrogen) atoms. The van der Waals surface area contributed by atoms with Crippen LogP contribution < -0.4 is 98.9 Å². The number of hydrogen-bond acceptors (Lipinski definition) is 17. The number of hydrogen-bond donors (Lipinski definition) is 4. The molecular formula is C48H66N4Na2O16S3. The Morgan fingerprint density at radius 3 is 1.82 bits per heavy atom. The number of urea groups is 1. The van der Waals surface area contributed by atoms with Gasteiger partial charge in [0.1, 0.15) is 23.0 Å². The zero-order valence-electron chi connectivity index (χ0n) is 42.1. The zero-order chi connectivity index (χ0) is 51.3. The van der Waals surface area contributed by atoms with Crippen LogP contribution in [0.4, 0.5) is 4.79 Å². The predicted octanol–water partition coefficient (Wildman–Crippen LogP) is -2.98. The normalized spacial score (nSPS) is 16.4. The maximum Gasteiger partial charge on any atom is 1.00 e. The van der Waals surface area contributed by atoms with Crippen molar-refractivity contribution in [2.45, 2.75) is 88.0 Å². The average Bonchev–Trinajstić information content (AvgIpc) is 3.89. The minimum Gasteiger partial charge on any atom is -0.862 e. The first-order valence-corrected chi connectivity index (χ1v) is 27.9. The topological polar surface area (TPSA) is 285 Å². The molecule has 2 heterocycles. The van der Waals surface area contributed by atoms with E-state index in [0.717, 1.165) is 37.9 Å². The van der Waals surface area contributed by atoms with E-state index in [2.05, 4.69) is 38.4 Å². The van der Waals surface area contributed by atoms with E-state index < -0.39 is 31.7 Å². The molecule has 3 atom stereocenters. The molecule has 2 amide bonds. The Bertz CT molecular complexity index is 2380. The predicted molar refractivity (Wildman–Crippen MR) is 266 cm³/mol. The molecule has 0 radical (unpaired) electrons. The molecular weight excluding hydrogens is 1030 g/mol. The van der Waals surface area contributed by atoms with Crippen LogP contribution >= 0.6 is 11.8 Å². The molecule has 0 spiro atoms. The van der Waals surface area contributed by atoms with E-state index in [1.54, 1.807) is 30.3 Å². The van der Waals surface area contributed by atoms with Crippen LogP contribution in [-0.4, -0.2) is 158 Å². The van der Waals surface area contributed by atoms with Gasteiger partial charge in [-0.1, -0.05) is 37.0 Å². The van der Waals surface area contributed by atoms with Gasteiger partial charge in [0.15, 0.2) is 0 Å². The smallest absolute Gasteiger partial charge is 0.862 e. The van der Waals surface area contributed by atoms with Crippen molar-refractivity contribution in [2.24, 2.45) is 9.98 Å². The standard InChI is InChI=1S/C48H68N4O16S3.2Na/c1-3-36-33-42(62-2)38(16-15-37-32-39(66-22-10-30-70(56,57)58)17-18-41(37)67-23-11-31-71(59,60)61)34-43(36)68-21-9-5-4-6-13-45(53)49-19-24-63-26-28-65-29-27-64-25-20-50-46(54)14-8-7-12-44-47-40(35-69-44)51-48(55)52-47;;/h1,17-18,32-34,40,44,47H,4-14,19-31,35H2,2H3,(H,49,53)(H,50,54)(H2,51,52,55)(H,56,57,58)(H,59,60,61);;/q;2*+1/p-2/t40-,44-,47-;;/m0../s1. The molecule has 0 bridgehead atoms. The third kappa shape index (κ3) is 28.1. The van der Waals surface area contributed by atoms with E-state index in [1.165, 1.54) is 7.11 Å². The summed E-state index contributed by atoms with van der Waals surface area (Å²) in [6.45, 7) is 2.99. The van der Waals surface area contributed by atoms with Crippen molar-refractivity contribution in [3.63, 3.8) is 0 Å². The number of benzene rings is 2. The van der Waals surface area contributed by atoms with Crippen molar-refractivity contribution < 1.29 is 133 Å². The maximum absolute atomic E-state index is 12.3. The van der Waals surface area contributed by atoms with E-state index >= 15 is 0 Å². The summed E-state index contributed by atoms with van der Waals surface area (Å²) in [6, 6.07) is 8.29. The second-order valence-corrected chi connectivity index (χ2v) is 20.8. The summed E-state index contributed by atoms with van der Waals surface area (Å²) in [5, 5.41) is 30.6. The Morgan fingerprint density at radius 1 is 0.685 bits per heavy atom. The van der Waals surface area contributed by atoms with E-state index in [0.29, 0.717) is 123 Å². The molecule has 394 valence electrons. The number of thioether (sulfide) groups is 1. The van der Waals surface area contributed by atoms with Crippen LogP contribution in [0.3, 0.4) is 0 Å². The number of amides is 2. The zero-order valence-corrected chi connectivity index (χ0v) is 48.6. The van der Waals surface area contributed by atoms with E-state index in [1.807, 2.05) is 11.8 Å². The van der Waals surface area contributed by atoms with Gasteiger partial charge in [0.05, 0.1) is 120 Å². The first-order chi connectivity index (χ1) is 34.1. The summed E-state index contributed by atoms with van der Waals surface area (Å²) < 4.78 is 102. The summed E-state index contributed by atoms with van der Waals surface area (Å²) in [6.07, 6.45) is 12.2. The third-order valence-corrected chi connectivity index (χ3v) is 13.9. The number of ether oxygens (including phenoxy) is 7. The first kappa shape index (κ1) is 66.1. The molecule has 0 saturated carbocycles. The maximum atomic E-state index is 12.3. The Kier molecular flexibility index (Phi) is 33.4. The number of carbonyl (C=O) groups excluding carboxylic acids is 1. The summed E-state index contributed by atoms with van der Waals surface area (Å²) in [5.74, 6) is 9.75. The van der Waals surface area contributed by atoms with Crippen molar-refractivity contribution in [3.05, 3.63) is 47.0 Å². The van der Waals surface area contributed by atoms with Gasteiger partial charge in [-0.15, -0.1) is 6.42 Å². The number of unbranched alkanes of at least 4 members (excludes halogenated alkanes) is 4. The molecule has 4 N–H and O–H groups in total. The molecule has 0 unspecified atom stereocenters. The Balaban J connectivity index is 0.00000913. The number of carbonyl (C=O) groups is 1. The monoisotopic (exact) mass is 1100 g/mol. The van der Waals surface area contributed by atoms with Crippen molar-refractivity contribution in [2.75, 3.05) is 96.9 Å². The molecule has 20 nitrogen and oxygen atoms in total. The van der Waals surface area contributed by atoms with Crippen LogP contribution in [0.25, 0.3) is 0 Å². The molecule has 4 rings (SSSR count). The van der Waals surface area contributed by atoms with E-state index in [9.17, 15) is 31.8 Å². The van der Waals surface area contributed by atoms with Gasteiger partial charge in [-0.2, -0.15) is 28.6 Å². The summed E-state index contributed by atoms with van der Waals surface area (Å²) in [5.41, 5.74) is 1.24. The van der Waals surface area contributed by atoms with Gasteiger partial charge in [0.25, 0.3) is 20.2 Å². The van der Waals surface area contributed by atoms with Crippen molar-refractivity contribution >= 4 is 49.8 Å². The quantitative estimate of drug-likeness (QED) is 0.0101. The van der Waals surface area contributed by atoms with Crippen molar-refractivity contribution in [3.8, 4) is 47.2 Å². The van der Waals surface area contributed by atoms with Gasteiger partial charge >= 0.3 is 65.1 Å². The van der Waals surface area contributed by atoms with Crippen LogP contribution in [0.2, 0.25) is 0 Å². The molecule has 2 saturated heterocycles. The van der Waals surface area contributed by atoms with Crippen LogP contribution in [0.1, 0.15) is 87.3 Å². The molecule has 2 aliphatic heterocycles. The van der Waals surface area contributed by atoms with Gasteiger partial charge in [0, 0.05) is 23.1 Å². The minimum atomic E-state index is -4.18. The van der Waals surface area contributed by atoms with E-state index in [4.69, 9.17) is 48.7 Å². The Morgan fingerprint density at radius 2 is 1.22 bits per heavy atom. The van der Waals surface area contributed by atoms with Gasteiger partial charge in [0.2, 0.25) is 0 Å². The third-order valence-electron chi connectivity index (χ3n) is 10.8. The summed E-state index contributed by atoms with van der Waals surface area (Å²) in [4.78, 5) is 19.6. The van der Waals surface area contributed by atoms with Gasteiger partial charge in [-0.05, 0) is 81.4 Å². The Hall–Kier alpha value is -2.98. The molecule has 2 aromatic rings. The van der Waals surface area contributed by atoms with Crippen molar-refractivity contribution in [1.82, 2.24) is 10.6 Å². The number of terminal acetylenes is 1. The fraction of sp³-hybridized carbons (Fsp3) is 0.604. The molecule has 0 aliphatic carbocycles. The molecule has 0 aromatic heterocycles. The summed E-state index contributed by atoms with van der Waals surface area (Å²) in [7, 11) is -6.86. The van der Waals surface area contributed by atoms with Crippen LogP contribution in [0.15, 0.2) is 40.3 Å². The molecule has 2 aliphatic rings. The van der Waals surface area contributed by atoms with Crippen molar-refractivity contribution in [1.29, 1.82) is 0 Å². The van der Waals surface area contributed by atoms with Gasteiger partial charge in [-0.3, -0.25) is 9.11 Å². The first-order valence-electron chi connectivity index (χ1n) is 23.6. The fourth-order valence-electron chi connectivity index (χ4n) is 7.22. The number of nitrogens with zero attached hydrogens (tertiary/aromatic N) is 2. The molecule has 2 aromatic carbocycles. The number of fused-ring (bicyclic) bond motifs is 1. The fourth-order valence-corrected chi connectivity index (χ4v) is 9.73. The van der Waals surface area contributed by atoms with Crippen LogP contribution in [-0.2, 0) is 34.4 Å². The van der Waals surface area contributed by atoms with Gasteiger partial charge < -0.3 is 64.0 Å².